The molecule has 0 radical (unpaired) electrons. The van der Waals surface area contributed by atoms with Crippen LogP contribution in [0.15, 0.2) is 84.0 Å². The van der Waals surface area contributed by atoms with Crippen LogP contribution < -0.4 is 4.57 Å². The average molecular weight is 306 g/mol. The van der Waals surface area contributed by atoms with Crippen molar-refractivity contribution in [1.82, 2.24) is 0 Å². The third kappa shape index (κ3) is 3.99. The average Bonchev–Trinajstić information content (AvgIpc) is 2.58. The smallest absolute Gasteiger partial charge is 0.173 e. The van der Waals surface area contributed by atoms with E-state index in [0.29, 0.717) is 0 Å². The van der Waals surface area contributed by atoms with Crippen LogP contribution in [-0.4, -0.2) is 6.26 Å². The van der Waals surface area contributed by atoms with Gasteiger partial charge in [-0.05, 0) is 35.9 Å². The Labute approximate surface area is 136 Å². The van der Waals surface area contributed by atoms with E-state index in [0.717, 1.165) is 13.0 Å². The Kier molecular flexibility index (Phi) is 4.92. The number of pyridine rings is 1. The van der Waals surface area contributed by atoms with Gasteiger partial charge in [0.25, 0.3) is 0 Å². The molecule has 0 atom stereocenters. The number of nitrogens with zero attached hydrogens (tertiary/aromatic N) is 1. The molecule has 0 aliphatic carbocycles. The molecule has 0 fully saturated rings. The molecule has 0 aliphatic rings. The molecule has 0 bridgehead atoms. The summed E-state index contributed by atoms with van der Waals surface area (Å²) in [6.07, 6.45) is 7.43. The second-order valence-corrected chi connectivity index (χ2v) is 6.27. The van der Waals surface area contributed by atoms with Crippen molar-refractivity contribution in [3.8, 4) is 0 Å². The normalized spacial score (nSPS) is 10.6. The number of hydrogen-bond acceptors (Lipinski definition) is 1. The van der Waals surface area contributed by atoms with Crippen LogP contribution in [0.1, 0.15) is 16.7 Å². The van der Waals surface area contributed by atoms with Crippen molar-refractivity contribution >= 4 is 11.8 Å². The van der Waals surface area contributed by atoms with E-state index in [-0.39, 0.29) is 0 Å². The maximum absolute atomic E-state index is 2.22. The SMILES string of the molecule is CSc1ccc(C[n+]2ccc(Cc3ccccc3)cc2)cc1. The van der Waals surface area contributed by atoms with Crippen LogP contribution in [0.3, 0.4) is 0 Å². The first-order chi connectivity index (χ1) is 10.8. The van der Waals surface area contributed by atoms with Gasteiger partial charge in [0.1, 0.15) is 0 Å². The number of rotatable bonds is 5. The highest BCUT2D eigenvalue weighted by Crippen LogP contribution is 2.14. The molecule has 0 amide bonds. The van der Waals surface area contributed by atoms with Gasteiger partial charge in [-0.25, -0.2) is 4.57 Å². The van der Waals surface area contributed by atoms with Crippen LogP contribution in [0.4, 0.5) is 0 Å². The molecule has 3 aromatic rings. The highest BCUT2D eigenvalue weighted by molar-refractivity contribution is 7.98. The van der Waals surface area contributed by atoms with E-state index in [1.165, 1.54) is 21.6 Å². The van der Waals surface area contributed by atoms with Crippen LogP contribution in [0.25, 0.3) is 0 Å². The highest BCUT2D eigenvalue weighted by Gasteiger charge is 2.04. The van der Waals surface area contributed by atoms with Gasteiger partial charge in [-0.2, -0.15) is 0 Å². The molecule has 0 unspecified atom stereocenters. The monoisotopic (exact) mass is 306 g/mol. The molecular weight excluding hydrogens is 286 g/mol. The van der Waals surface area contributed by atoms with Gasteiger partial charge in [0, 0.05) is 22.6 Å². The van der Waals surface area contributed by atoms with Crippen molar-refractivity contribution in [3.05, 3.63) is 95.8 Å². The van der Waals surface area contributed by atoms with Crippen LogP contribution in [0, 0.1) is 0 Å². The first-order valence-corrected chi connectivity index (χ1v) is 8.71. The standard InChI is InChI=1S/C20H20NS/c1-22-20-9-7-19(8-10-20)16-21-13-11-18(12-14-21)15-17-5-3-2-4-6-17/h2-14H,15-16H2,1H3/q+1. The van der Waals surface area contributed by atoms with Crippen molar-refractivity contribution in [2.45, 2.75) is 17.9 Å². The summed E-state index contributed by atoms with van der Waals surface area (Å²) >= 11 is 1.78. The van der Waals surface area contributed by atoms with E-state index < -0.39 is 0 Å². The molecule has 0 aliphatic heterocycles. The summed E-state index contributed by atoms with van der Waals surface area (Å²) in [5.74, 6) is 0. The lowest BCUT2D eigenvalue weighted by Gasteiger charge is -2.02. The Hall–Kier alpha value is -2.06. The molecule has 1 heterocycles. The van der Waals surface area contributed by atoms with Crippen molar-refractivity contribution in [3.63, 3.8) is 0 Å². The summed E-state index contributed by atoms with van der Waals surface area (Å²) in [7, 11) is 0. The molecular formula is C20H20NS+. The lowest BCUT2D eigenvalue weighted by Crippen LogP contribution is -2.33. The van der Waals surface area contributed by atoms with Gasteiger partial charge in [0.2, 0.25) is 0 Å². The lowest BCUT2D eigenvalue weighted by molar-refractivity contribution is -0.688. The van der Waals surface area contributed by atoms with Crippen LogP contribution in [0.5, 0.6) is 0 Å². The zero-order valence-electron chi connectivity index (χ0n) is 12.8. The molecule has 110 valence electrons. The number of aromatic nitrogens is 1. The van der Waals surface area contributed by atoms with Gasteiger partial charge >= 0.3 is 0 Å². The fourth-order valence-corrected chi connectivity index (χ4v) is 2.89. The van der Waals surface area contributed by atoms with Crippen molar-refractivity contribution in [1.29, 1.82) is 0 Å². The fraction of sp³-hybridized carbons (Fsp3) is 0.150. The maximum atomic E-state index is 2.22. The van der Waals surface area contributed by atoms with Crippen LogP contribution >= 0.6 is 11.8 Å². The van der Waals surface area contributed by atoms with E-state index >= 15 is 0 Å². The summed E-state index contributed by atoms with van der Waals surface area (Å²) < 4.78 is 2.22. The Morgan fingerprint density at radius 3 is 2.00 bits per heavy atom. The van der Waals surface area contributed by atoms with Crippen LogP contribution in [-0.2, 0) is 13.0 Å². The molecule has 0 saturated heterocycles. The van der Waals surface area contributed by atoms with Gasteiger partial charge in [-0.1, -0.05) is 42.5 Å². The molecule has 0 spiro atoms. The Morgan fingerprint density at radius 2 is 1.36 bits per heavy atom. The molecule has 0 N–H and O–H groups in total. The van der Waals surface area contributed by atoms with Gasteiger partial charge in [0.05, 0.1) is 0 Å². The summed E-state index contributed by atoms with van der Waals surface area (Å²) in [4.78, 5) is 1.31. The van der Waals surface area contributed by atoms with Gasteiger partial charge < -0.3 is 0 Å². The second-order valence-electron chi connectivity index (χ2n) is 5.39. The number of thioether (sulfide) groups is 1. The molecule has 1 nitrogen and oxygen atoms in total. The second kappa shape index (κ2) is 7.28. The first kappa shape index (κ1) is 14.9. The summed E-state index contributed by atoms with van der Waals surface area (Å²) in [6, 6.07) is 23.8. The topological polar surface area (TPSA) is 3.88 Å². The molecule has 2 aromatic carbocycles. The zero-order chi connectivity index (χ0) is 15.2. The van der Waals surface area contributed by atoms with Gasteiger partial charge in [0.15, 0.2) is 18.9 Å². The number of benzene rings is 2. The predicted octanol–water partition coefficient (Wildman–Crippen LogP) is 4.34. The third-order valence-electron chi connectivity index (χ3n) is 3.74. The Bertz CT molecular complexity index is 703. The van der Waals surface area contributed by atoms with Crippen molar-refractivity contribution < 1.29 is 4.57 Å². The molecule has 0 saturated carbocycles. The van der Waals surface area contributed by atoms with Gasteiger partial charge in [-0.3, -0.25) is 0 Å². The summed E-state index contributed by atoms with van der Waals surface area (Å²) in [6.45, 7) is 0.917. The quantitative estimate of drug-likeness (QED) is 0.501. The fourth-order valence-electron chi connectivity index (χ4n) is 2.48. The Balaban J connectivity index is 1.66. The summed E-state index contributed by atoms with van der Waals surface area (Å²) in [5.41, 5.74) is 4.03. The summed E-state index contributed by atoms with van der Waals surface area (Å²) in [5, 5.41) is 0. The van der Waals surface area contributed by atoms with E-state index in [4.69, 9.17) is 0 Å². The minimum absolute atomic E-state index is 0.917. The molecule has 22 heavy (non-hydrogen) atoms. The molecule has 3 rings (SSSR count). The maximum Gasteiger partial charge on any atom is 0.173 e. The largest absolute Gasteiger partial charge is 0.201 e. The molecule has 1 aromatic heterocycles. The van der Waals surface area contributed by atoms with Gasteiger partial charge in [-0.15, -0.1) is 11.8 Å². The predicted molar refractivity (Wildman–Crippen MR) is 93.2 cm³/mol. The van der Waals surface area contributed by atoms with Crippen LogP contribution in [0.2, 0.25) is 0 Å². The van der Waals surface area contributed by atoms with E-state index in [1.54, 1.807) is 11.8 Å². The third-order valence-corrected chi connectivity index (χ3v) is 4.48. The minimum atomic E-state index is 0.917. The highest BCUT2D eigenvalue weighted by atomic mass is 32.2. The lowest BCUT2D eigenvalue weighted by atomic mass is 10.1. The number of hydrogen-bond donors (Lipinski definition) is 0. The van der Waals surface area contributed by atoms with Crippen molar-refractivity contribution in [2.24, 2.45) is 0 Å². The Morgan fingerprint density at radius 1 is 0.727 bits per heavy atom. The minimum Gasteiger partial charge on any atom is -0.201 e. The van der Waals surface area contributed by atoms with E-state index in [9.17, 15) is 0 Å². The van der Waals surface area contributed by atoms with Crippen molar-refractivity contribution in [2.75, 3.05) is 6.26 Å². The zero-order valence-corrected chi connectivity index (χ0v) is 13.6. The first-order valence-electron chi connectivity index (χ1n) is 7.48. The van der Waals surface area contributed by atoms with E-state index in [1.807, 2.05) is 0 Å². The molecule has 2 heteroatoms. The van der Waals surface area contributed by atoms with E-state index in [2.05, 4.69) is 89.9 Å².